The second kappa shape index (κ2) is 6.24. The minimum Gasteiger partial charge on any atom is -0.377 e. The Morgan fingerprint density at radius 2 is 2.00 bits per heavy atom. The van der Waals surface area contributed by atoms with Crippen LogP contribution in [0.2, 0.25) is 0 Å². The van der Waals surface area contributed by atoms with E-state index in [1.807, 2.05) is 0 Å². The van der Waals surface area contributed by atoms with Gasteiger partial charge < -0.3 is 15.4 Å². The summed E-state index contributed by atoms with van der Waals surface area (Å²) in [6, 6.07) is 0.306. The number of hydrogen-bond acceptors (Lipinski definition) is 4. The van der Waals surface area contributed by atoms with E-state index in [1.54, 1.807) is 27.8 Å². The number of hydrogen-bond donors (Lipinski definition) is 2. The maximum Gasteiger partial charge on any atom is 0.191 e. The Morgan fingerprint density at radius 3 is 2.57 bits per heavy atom. The number of fused-ring (bicyclic) bond motifs is 1. The number of nitrogens with zero attached hydrogens (tertiary/aromatic N) is 1. The molecule has 1 aliphatic heterocycles. The predicted molar refractivity (Wildman–Crippen MR) is 93.5 cm³/mol. The van der Waals surface area contributed by atoms with Crippen LogP contribution >= 0.6 is 0 Å². The van der Waals surface area contributed by atoms with Crippen LogP contribution in [0.15, 0.2) is 4.99 Å². The van der Waals surface area contributed by atoms with Crippen LogP contribution < -0.4 is 10.6 Å². The molecule has 2 rings (SSSR count). The van der Waals surface area contributed by atoms with Crippen molar-refractivity contribution in [3.63, 3.8) is 0 Å². The van der Waals surface area contributed by atoms with Gasteiger partial charge in [0.15, 0.2) is 15.8 Å². The van der Waals surface area contributed by atoms with Crippen LogP contribution in [0.3, 0.4) is 0 Å². The fourth-order valence-corrected chi connectivity index (χ4v) is 4.55. The molecule has 1 saturated heterocycles. The maximum absolute atomic E-state index is 12.1. The van der Waals surface area contributed by atoms with Gasteiger partial charge in [0.2, 0.25) is 0 Å². The lowest BCUT2D eigenvalue weighted by molar-refractivity contribution is -0.106. The standard InChI is InChI=1S/C16H31N3O3S/c1-15(2,3)23(20,21)10-8-18-14(17-6)19-12-11-7-9-22-13(11)16(12,4)5/h11-13H,7-10H2,1-6H3,(H2,17,18,19). The largest absolute Gasteiger partial charge is 0.377 e. The van der Waals surface area contributed by atoms with E-state index in [4.69, 9.17) is 4.74 Å². The SMILES string of the molecule is CN=C(NCCS(=O)(=O)C(C)(C)C)NC1C2CCOC2C1(C)C. The molecule has 0 aromatic heterocycles. The summed E-state index contributed by atoms with van der Waals surface area (Å²) in [5.74, 6) is 1.28. The molecular weight excluding hydrogens is 314 g/mol. The second-order valence-corrected chi connectivity index (χ2v) is 11.0. The van der Waals surface area contributed by atoms with Gasteiger partial charge in [-0.3, -0.25) is 4.99 Å². The first-order valence-electron chi connectivity index (χ1n) is 8.32. The molecule has 0 aromatic carbocycles. The Labute approximate surface area is 140 Å². The summed E-state index contributed by atoms with van der Waals surface area (Å²) in [6.07, 6.45) is 1.39. The highest BCUT2D eigenvalue weighted by atomic mass is 32.2. The maximum atomic E-state index is 12.1. The summed E-state index contributed by atoms with van der Waals surface area (Å²) in [7, 11) is -1.41. The zero-order valence-corrected chi connectivity index (χ0v) is 16.0. The number of sulfone groups is 1. The predicted octanol–water partition coefficient (Wildman–Crippen LogP) is 1.18. The lowest BCUT2D eigenvalue weighted by atomic mass is 9.57. The van der Waals surface area contributed by atoms with Crippen molar-refractivity contribution in [2.45, 2.75) is 57.9 Å². The lowest BCUT2D eigenvalue weighted by Crippen LogP contribution is -2.68. The summed E-state index contributed by atoms with van der Waals surface area (Å²) in [6.45, 7) is 10.8. The average Bonchev–Trinajstić information content (AvgIpc) is 2.87. The van der Waals surface area contributed by atoms with Crippen LogP contribution in [0, 0.1) is 11.3 Å². The van der Waals surface area contributed by atoms with Crippen LogP contribution in [-0.4, -0.2) is 57.2 Å². The molecule has 0 amide bonds. The molecule has 0 spiro atoms. The monoisotopic (exact) mass is 345 g/mol. The van der Waals surface area contributed by atoms with Gasteiger partial charge >= 0.3 is 0 Å². The molecule has 23 heavy (non-hydrogen) atoms. The molecule has 6 nitrogen and oxygen atoms in total. The van der Waals surface area contributed by atoms with Gasteiger partial charge in [-0.15, -0.1) is 0 Å². The molecule has 7 heteroatoms. The number of rotatable bonds is 4. The third kappa shape index (κ3) is 3.50. The Morgan fingerprint density at radius 1 is 1.35 bits per heavy atom. The Kier molecular flexibility index (Phi) is 5.02. The van der Waals surface area contributed by atoms with Crippen molar-refractivity contribution < 1.29 is 13.2 Å². The van der Waals surface area contributed by atoms with Gasteiger partial charge in [-0.05, 0) is 27.2 Å². The highest BCUT2D eigenvalue weighted by Crippen LogP contribution is 2.52. The first-order valence-corrected chi connectivity index (χ1v) is 9.97. The molecule has 0 bridgehead atoms. The average molecular weight is 346 g/mol. The van der Waals surface area contributed by atoms with Gasteiger partial charge in [0, 0.05) is 37.6 Å². The molecule has 1 aliphatic carbocycles. The van der Waals surface area contributed by atoms with E-state index >= 15 is 0 Å². The van der Waals surface area contributed by atoms with E-state index < -0.39 is 14.6 Å². The summed E-state index contributed by atoms with van der Waals surface area (Å²) in [5, 5.41) is 6.59. The van der Waals surface area contributed by atoms with Crippen molar-refractivity contribution in [1.29, 1.82) is 0 Å². The first-order chi connectivity index (χ1) is 10.5. The highest BCUT2D eigenvalue weighted by molar-refractivity contribution is 7.92. The van der Waals surface area contributed by atoms with Crippen LogP contribution in [0.25, 0.3) is 0 Å². The van der Waals surface area contributed by atoms with Crippen molar-refractivity contribution >= 4 is 15.8 Å². The quantitative estimate of drug-likeness (QED) is 0.591. The van der Waals surface area contributed by atoms with Crippen molar-refractivity contribution in [2.75, 3.05) is 26.0 Å². The van der Waals surface area contributed by atoms with Gasteiger partial charge in [0.05, 0.1) is 16.6 Å². The number of guanidine groups is 1. The highest BCUT2D eigenvalue weighted by Gasteiger charge is 2.59. The molecule has 2 aliphatic rings. The number of nitrogens with one attached hydrogen (secondary N) is 2. The molecule has 134 valence electrons. The van der Waals surface area contributed by atoms with E-state index in [2.05, 4.69) is 29.5 Å². The van der Waals surface area contributed by atoms with Crippen LogP contribution in [-0.2, 0) is 14.6 Å². The van der Waals surface area contributed by atoms with Gasteiger partial charge in [0.25, 0.3) is 0 Å². The van der Waals surface area contributed by atoms with E-state index in [1.165, 1.54) is 0 Å². The summed E-state index contributed by atoms with van der Waals surface area (Å²) in [5.41, 5.74) is 0.0657. The van der Waals surface area contributed by atoms with Crippen molar-refractivity contribution in [3.05, 3.63) is 0 Å². The Hall–Kier alpha value is -0.820. The van der Waals surface area contributed by atoms with Crippen LogP contribution in [0.1, 0.15) is 41.0 Å². The first kappa shape index (κ1) is 18.5. The Balaban J connectivity index is 1.88. The molecule has 2 N–H and O–H groups in total. The molecule has 0 aromatic rings. The van der Waals surface area contributed by atoms with Crippen molar-refractivity contribution in [3.8, 4) is 0 Å². The Bertz CT molecular complexity index is 564. The van der Waals surface area contributed by atoms with E-state index in [0.717, 1.165) is 13.0 Å². The topological polar surface area (TPSA) is 79.8 Å². The fraction of sp³-hybridized carbons (Fsp3) is 0.938. The van der Waals surface area contributed by atoms with Crippen molar-refractivity contribution in [1.82, 2.24) is 10.6 Å². The van der Waals surface area contributed by atoms with Crippen LogP contribution in [0.5, 0.6) is 0 Å². The summed E-state index contributed by atoms with van der Waals surface area (Å²) >= 11 is 0. The smallest absolute Gasteiger partial charge is 0.191 e. The zero-order valence-electron chi connectivity index (χ0n) is 15.1. The second-order valence-electron chi connectivity index (χ2n) is 8.12. The van der Waals surface area contributed by atoms with Crippen molar-refractivity contribution in [2.24, 2.45) is 16.3 Å². The molecule has 2 fully saturated rings. The summed E-state index contributed by atoms with van der Waals surface area (Å²) < 4.78 is 29.4. The van der Waals surface area contributed by atoms with E-state index in [9.17, 15) is 8.42 Å². The van der Waals surface area contributed by atoms with Gasteiger partial charge in [-0.25, -0.2) is 8.42 Å². The van der Waals surface area contributed by atoms with E-state index in [0.29, 0.717) is 30.6 Å². The molecule has 1 heterocycles. The van der Waals surface area contributed by atoms with Gasteiger partial charge in [0.1, 0.15) is 0 Å². The third-order valence-corrected chi connectivity index (χ3v) is 7.82. The molecule has 0 radical (unpaired) electrons. The van der Waals surface area contributed by atoms with Gasteiger partial charge in [-0.1, -0.05) is 13.8 Å². The molecular formula is C16H31N3O3S. The minimum absolute atomic E-state index is 0.0657. The fourth-order valence-electron chi connectivity index (χ4n) is 3.57. The van der Waals surface area contributed by atoms with Gasteiger partial charge in [-0.2, -0.15) is 0 Å². The lowest BCUT2D eigenvalue weighted by Gasteiger charge is -2.54. The summed E-state index contributed by atoms with van der Waals surface area (Å²) in [4.78, 5) is 4.23. The molecule has 1 saturated carbocycles. The van der Waals surface area contributed by atoms with E-state index in [-0.39, 0.29) is 11.2 Å². The molecule has 3 unspecified atom stereocenters. The normalized spacial score (nSPS) is 30.5. The molecule has 3 atom stereocenters. The van der Waals surface area contributed by atoms with Crippen LogP contribution in [0.4, 0.5) is 0 Å². The third-order valence-electron chi connectivity index (χ3n) is 5.21. The number of ether oxygens (including phenoxy) is 1. The zero-order chi connectivity index (χ0) is 17.5. The number of aliphatic imine (C=N–C) groups is 1. The minimum atomic E-state index is -3.12.